The normalized spacial score (nSPS) is 10.7. The van der Waals surface area contributed by atoms with Gasteiger partial charge < -0.3 is 15.3 Å². The number of aryl methyl sites for hydroxylation is 1. The predicted octanol–water partition coefficient (Wildman–Crippen LogP) is 3.35. The number of benzene rings is 1. The first-order valence-electron chi connectivity index (χ1n) is 9.06. The van der Waals surface area contributed by atoms with Crippen molar-refractivity contribution in [3.8, 4) is 17.2 Å². The van der Waals surface area contributed by atoms with E-state index < -0.39 is 5.91 Å². The second-order valence-corrected chi connectivity index (χ2v) is 6.56. The van der Waals surface area contributed by atoms with E-state index in [1.54, 1.807) is 18.5 Å². The van der Waals surface area contributed by atoms with Crippen LogP contribution in [0.1, 0.15) is 46.3 Å². The van der Waals surface area contributed by atoms with E-state index in [2.05, 4.69) is 27.5 Å². The van der Waals surface area contributed by atoms with E-state index >= 15 is 0 Å². The SMILES string of the molecule is CCCc1c(-c2ccc(C#N)cc2)c(C(N)=O)c(C)n1CCc1cnc[nH]1. The Bertz CT molecular complexity index is 975. The van der Waals surface area contributed by atoms with Crippen LogP contribution in [0, 0.1) is 18.3 Å². The number of hydrogen-bond donors (Lipinski definition) is 2. The van der Waals surface area contributed by atoms with Gasteiger partial charge in [-0.25, -0.2) is 4.98 Å². The number of hydrogen-bond acceptors (Lipinski definition) is 3. The summed E-state index contributed by atoms with van der Waals surface area (Å²) in [4.78, 5) is 19.5. The Balaban J connectivity index is 2.12. The Morgan fingerprint density at radius 2 is 2.04 bits per heavy atom. The van der Waals surface area contributed by atoms with Crippen molar-refractivity contribution in [1.29, 1.82) is 5.26 Å². The molecule has 138 valence electrons. The minimum Gasteiger partial charge on any atom is -0.366 e. The van der Waals surface area contributed by atoms with Crippen LogP contribution in [0.3, 0.4) is 0 Å². The van der Waals surface area contributed by atoms with Crippen molar-refractivity contribution in [2.24, 2.45) is 5.73 Å². The van der Waals surface area contributed by atoms with E-state index in [0.717, 1.165) is 54.0 Å². The monoisotopic (exact) mass is 361 g/mol. The first-order chi connectivity index (χ1) is 13.1. The molecule has 0 saturated heterocycles. The van der Waals surface area contributed by atoms with Crippen LogP contribution in [-0.2, 0) is 19.4 Å². The van der Waals surface area contributed by atoms with Gasteiger partial charge in [-0.1, -0.05) is 25.5 Å². The highest BCUT2D eigenvalue weighted by Crippen LogP contribution is 2.34. The molecule has 6 nitrogen and oxygen atoms in total. The number of nitrogens with zero attached hydrogens (tertiary/aromatic N) is 3. The summed E-state index contributed by atoms with van der Waals surface area (Å²) in [6, 6.07) is 9.45. The van der Waals surface area contributed by atoms with Crippen LogP contribution in [0.5, 0.6) is 0 Å². The van der Waals surface area contributed by atoms with Gasteiger partial charge in [0, 0.05) is 41.8 Å². The molecule has 0 radical (unpaired) electrons. The van der Waals surface area contributed by atoms with E-state index in [1.165, 1.54) is 0 Å². The summed E-state index contributed by atoms with van der Waals surface area (Å²) in [5.41, 5.74) is 11.7. The fourth-order valence-corrected chi connectivity index (χ4v) is 3.57. The van der Waals surface area contributed by atoms with Gasteiger partial charge in [0.2, 0.25) is 0 Å². The number of nitriles is 1. The minimum absolute atomic E-state index is 0.426. The van der Waals surface area contributed by atoms with Gasteiger partial charge in [0.1, 0.15) is 0 Å². The number of H-pyrrole nitrogens is 1. The van der Waals surface area contributed by atoms with Crippen molar-refractivity contribution in [1.82, 2.24) is 14.5 Å². The van der Waals surface area contributed by atoms with E-state index in [-0.39, 0.29) is 0 Å². The zero-order valence-corrected chi connectivity index (χ0v) is 15.6. The Kier molecular flexibility index (Phi) is 5.41. The zero-order chi connectivity index (χ0) is 19.4. The summed E-state index contributed by atoms with van der Waals surface area (Å²) in [5.74, 6) is -0.426. The second-order valence-electron chi connectivity index (χ2n) is 6.56. The number of amides is 1. The largest absolute Gasteiger partial charge is 0.366 e. The summed E-state index contributed by atoms with van der Waals surface area (Å²) < 4.78 is 2.19. The van der Waals surface area contributed by atoms with Gasteiger partial charge in [-0.2, -0.15) is 5.26 Å². The maximum absolute atomic E-state index is 12.3. The Morgan fingerprint density at radius 3 is 2.59 bits per heavy atom. The van der Waals surface area contributed by atoms with Crippen molar-refractivity contribution in [2.45, 2.75) is 39.7 Å². The predicted molar refractivity (Wildman–Crippen MR) is 104 cm³/mol. The molecule has 2 heterocycles. The van der Waals surface area contributed by atoms with Crippen molar-refractivity contribution < 1.29 is 4.79 Å². The van der Waals surface area contributed by atoms with Crippen LogP contribution in [0.4, 0.5) is 0 Å². The highest BCUT2D eigenvalue weighted by Gasteiger charge is 2.24. The molecule has 0 aliphatic heterocycles. The maximum Gasteiger partial charge on any atom is 0.251 e. The third kappa shape index (κ3) is 3.63. The van der Waals surface area contributed by atoms with Gasteiger partial charge in [0.05, 0.1) is 23.5 Å². The highest BCUT2D eigenvalue weighted by atomic mass is 16.1. The van der Waals surface area contributed by atoms with Crippen LogP contribution in [0.2, 0.25) is 0 Å². The zero-order valence-electron chi connectivity index (χ0n) is 15.6. The minimum atomic E-state index is -0.426. The lowest BCUT2D eigenvalue weighted by Crippen LogP contribution is -2.14. The average Bonchev–Trinajstić information content (AvgIpc) is 3.27. The standard InChI is InChI=1S/C21H23N5O/c1-3-4-18-20(16-7-5-15(11-22)6-8-16)19(21(23)27)14(2)26(18)10-9-17-12-24-13-25-17/h5-8,12-13H,3-4,9-10H2,1-2H3,(H2,23,27)(H,24,25). The fraction of sp³-hybridized carbons (Fsp3) is 0.286. The van der Waals surface area contributed by atoms with E-state index in [1.807, 2.05) is 25.3 Å². The molecule has 0 aliphatic rings. The molecule has 3 rings (SSSR count). The third-order valence-corrected chi connectivity index (χ3v) is 4.83. The number of carbonyl (C=O) groups excluding carboxylic acids is 1. The number of rotatable bonds is 7. The Morgan fingerprint density at radius 1 is 1.30 bits per heavy atom. The van der Waals surface area contributed by atoms with Crippen molar-refractivity contribution in [2.75, 3.05) is 0 Å². The van der Waals surface area contributed by atoms with Gasteiger partial charge >= 0.3 is 0 Å². The molecule has 0 saturated carbocycles. The van der Waals surface area contributed by atoms with Gasteiger partial charge in [-0.05, 0) is 31.0 Å². The molecule has 3 aromatic rings. The maximum atomic E-state index is 12.3. The first kappa shape index (κ1) is 18.5. The Hall–Kier alpha value is -3.33. The smallest absolute Gasteiger partial charge is 0.251 e. The summed E-state index contributed by atoms with van der Waals surface area (Å²) in [7, 11) is 0. The molecule has 1 aromatic carbocycles. The lowest BCUT2D eigenvalue weighted by Gasteiger charge is -2.12. The Labute approximate surface area is 158 Å². The summed E-state index contributed by atoms with van der Waals surface area (Å²) in [6.07, 6.45) is 6.06. The molecule has 0 fully saturated rings. The molecular formula is C21H23N5O. The topological polar surface area (TPSA) is 100 Å². The van der Waals surface area contributed by atoms with Gasteiger partial charge in [-0.3, -0.25) is 4.79 Å². The average molecular weight is 361 g/mol. The lowest BCUT2D eigenvalue weighted by molar-refractivity contribution is 0.1000. The molecule has 0 atom stereocenters. The molecule has 1 amide bonds. The number of carbonyl (C=O) groups is 1. The van der Waals surface area contributed by atoms with Gasteiger partial charge in [0.25, 0.3) is 5.91 Å². The molecule has 27 heavy (non-hydrogen) atoms. The molecule has 3 N–H and O–H groups in total. The number of aromatic nitrogens is 3. The first-order valence-corrected chi connectivity index (χ1v) is 9.06. The molecule has 2 aromatic heterocycles. The fourth-order valence-electron chi connectivity index (χ4n) is 3.57. The van der Waals surface area contributed by atoms with Crippen LogP contribution >= 0.6 is 0 Å². The highest BCUT2D eigenvalue weighted by molar-refractivity contribution is 6.02. The summed E-state index contributed by atoms with van der Waals surface area (Å²) >= 11 is 0. The van der Waals surface area contributed by atoms with E-state index in [0.29, 0.717) is 11.1 Å². The molecule has 0 aliphatic carbocycles. The van der Waals surface area contributed by atoms with Crippen molar-refractivity contribution in [3.63, 3.8) is 0 Å². The molecule has 6 heteroatoms. The third-order valence-electron chi connectivity index (χ3n) is 4.83. The van der Waals surface area contributed by atoms with Crippen molar-refractivity contribution >= 4 is 5.91 Å². The summed E-state index contributed by atoms with van der Waals surface area (Å²) in [5, 5.41) is 9.05. The number of nitrogens with two attached hydrogens (primary N) is 1. The van der Waals surface area contributed by atoms with Gasteiger partial charge in [-0.15, -0.1) is 0 Å². The molecular weight excluding hydrogens is 338 g/mol. The lowest BCUT2D eigenvalue weighted by atomic mass is 9.97. The van der Waals surface area contributed by atoms with Crippen LogP contribution < -0.4 is 5.73 Å². The number of aromatic amines is 1. The van der Waals surface area contributed by atoms with Crippen LogP contribution in [0.25, 0.3) is 11.1 Å². The van der Waals surface area contributed by atoms with E-state index in [4.69, 9.17) is 11.0 Å². The molecule has 0 spiro atoms. The van der Waals surface area contributed by atoms with Crippen LogP contribution in [-0.4, -0.2) is 20.4 Å². The number of primary amides is 1. The van der Waals surface area contributed by atoms with Gasteiger partial charge in [0.15, 0.2) is 0 Å². The quantitative estimate of drug-likeness (QED) is 0.675. The molecule has 0 unspecified atom stereocenters. The van der Waals surface area contributed by atoms with Crippen molar-refractivity contribution in [3.05, 3.63) is 65.0 Å². The number of imidazole rings is 1. The van der Waals surface area contributed by atoms with E-state index in [9.17, 15) is 4.79 Å². The van der Waals surface area contributed by atoms with Crippen LogP contribution in [0.15, 0.2) is 36.8 Å². The number of nitrogens with one attached hydrogen (secondary N) is 1. The summed E-state index contributed by atoms with van der Waals surface area (Å²) in [6.45, 7) is 4.80. The second kappa shape index (κ2) is 7.92. The molecule has 0 bridgehead atoms.